The van der Waals surface area contributed by atoms with Crippen LogP contribution in [-0.2, 0) is 26.0 Å². The third kappa shape index (κ3) is 8.33. The molecule has 0 spiro atoms. The topological polar surface area (TPSA) is 96.0 Å². The number of ether oxygens (including phenoxy) is 1. The molecule has 220 valence electrons. The number of carbonyl (C=O) groups is 2. The fourth-order valence-electron chi connectivity index (χ4n) is 4.39. The summed E-state index contributed by atoms with van der Waals surface area (Å²) < 4.78 is 34.7. The minimum absolute atomic E-state index is 0.0498. The summed E-state index contributed by atoms with van der Waals surface area (Å²) in [5, 5.41) is 2.94. The number of hydrogen-bond donors (Lipinski definition) is 1. The minimum atomic E-state index is -4.19. The molecule has 0 radical (unpaired) electrons. The molecule has 2 amide bonds. The van der Waals surface area contributed by atoms with Gasteiger partial charge in [-0.15, -0.1) is 0 Å². The number of hydrogen-bond acceptors (Lipinski definition) is 5. The van der Waals surface area contributed by atoms with Gasteiger partial charge >= 0.3 is 0 Å². The molecule has 3 aromatic rings. The number of nitrogens with zero attached hydrogens (tertiary/aromatic N) is 2. The summed E-state index contributed by atoms with van der Waals surface area (Å²) in [4.78, 5) is 28.8. The van der Waals surface area contributed by atoms with E-state index in [-0.39, 0.29) is 23.0 Å². The van der Waals surface area contributed by atoms with E-state index in [1.165, 1.54) is 24.1 Å². The molecule has 8 nitrogen and oxygen atoms in total. The number of benzene rings is 3. The largest absolute Gasteiger partial charge is 0.495 e. The quantitative estimate of drug-likeness (QED) is 0.349. The fourth-order valence-corrected chi connectivity index (χ4v) is 5.81. The van der Waals surface area contributed by atoms with Gasteiger partial charge in [-0.2, -0.15) is 0 Å². The van der Waals surface area contributed by atoms with E-state index < -0.39 is 34.1 Å². The molecule has 3 aromatic carbocycles. The highest BCUT2D eigenvalue weighted by molar-refractivity contribution is 7.92. The number of anilines is 1. The third-order valence-electron chi connectivity index (χ3n) is 6.64. The molecule has 0 bridgehead atoms. The van der Waals surface area contributed by atoms with Crippen LogP contribution in [0, 0.1) is 13.8 Å². The van der Waals surface area contributed by atoms with Gasteiger partial charge in [0, 0.05) is 12.1 Å². The van der Waals surface area contributed by atoms with Gasteiger partial charge < -0.3 is 15.0 Å². The van der Waals surface area contributed by atoms with Gasteiger partial charge in [-0.3, -0.25) is 13.9 Å². The van der Waals surface area contributed by atoms with Gasteiger partial charge in [-0.1, -0.05) is 54.1 Å². The standard InChI is InChI=1S/C32H41N3O5S/c1-23-13-16-27(17-14-23)41(38,39)35(28-21-24(2)15-18-29(28)40-7)22-30(36)34(20-19-26-11-9-8-10-12-26)25(3)31(37)33-32(4,5)6/h8-18,21,25H,19-20,22H2,1-7H3,(H,33,37)/t25-/m1/s1. The number of rotatable bonds is 11. The SMILES string of the molecule is COc1ccc(C)cc1N(CC(=O)N(CCc1ccccc1)[C@H](C)C(=O)NC(C)(C)C)S(=O)(=O)c1ccc(C)cc1. The van der Waals surface area contributed by atoms with E-state index in [4.69, 9.17) is 4.74 Å². The van der Waals surface area contributed by atoms with Gasteiger partial charge in [0.1, 0.15) is 18.3 Å². The summed E-state index contributed by atoms with van der Waals surface area (Å²) in [7, 11) is -2.73. The Morgan fingerprint density at radius 3 is 2.12 bits per heavy atom. The lowest BCUT2D eigenvalue weighted by atomic mass is 10.1. The lowest BCUT2D eigenvalue weighted by molar-refractivity contribution is -0.139. The van der Waals surface area contributed by atoms with Crippen LogP contribution < -0.4 is 14.4 Å². The Bertz CT molecular complexity index is 1450. The number of methoxy groups -OCH3 is 1. The Morgan fingerprint density at radius 1 is 0.927 bits per heavy atom. The van der Waals surface area contributed by atoms with E-state index in [1.54, 1.807) is 31.2 Å². The van der Waals surface area contributed by atoms with Crippen LogP contribution in [-0.4, -0.2) is 56.9 Å². The highest BCUT2D eigenvalue weighted by Crippen LogP contribution is 2.33. The van der Waals surface area contributed by atoms with Crippen molar-refractivity contribution < 1.29 is 22.7 Å². The van der Waals surface area contributed by atoms with Crippen molar-refractivity contribution in [1.29, 1.82) is 0 Å². The average Bonchev–Trinajstić information content (AvgIpc) is 2.91. The summed E-state index contributed by atoms with van der Waals surface area (Å²) in [5.74, 6) is -0.509. The summed E-state index contributed by atoms with van der Waals surface area (Å²) in [6.45, 7) is 10.7. The summed E-state index contributed by atoms with van der Waals surface area (Å²) in [6.07, 6.45) is 0.498. The number of aryl methyl sites for hydroxylation is 2. The number of nitrogens with one attached hydrogen (secondary N) is 1. The maximum atomic E-state index is 14.1. The van der Waals surface area contributed by atoms with Crippen molar-refractivity contribution in [2.24, 2.45) is 0 Å². The molecule has 0 saturated carbocycles. The van der Waals surface area contributed by atoms with E-state index >= 15 is 0 Å². The molecule has 0 fully saturated rings. The molecule has 0 aliphatic carbocycles. The number of amides is 2. The zero-order chi connectivity index (χ0) is 30.4. The zero-order valence-corrected chi connectivity index (χ0v) is 25.8. The predicted molar refractivity (Wildman–Crippen MR) is 163 cm³/mol. The van der Waals surface area contributed by atoms with Crippen molar-refractivity contribution in [3.63, 3.8) is 0 Å². The first-order valence-corrected chi connectivity index (χ1v) is 15.1. The summed E-state index contributed by atoms with van der Waals surface area (Å²) >= 11 is 0. The molecule has 0 unspecified atom stereocenters. The smallest absolute Gasteiger partial charge is 0.264 e. The molecular formula is C32H41N3O5S. The second kappa shape index (κ2) is 13.2. The van der Waals surface area contributed by atoms with Crippen LogP contribution in [0.1, 0.15) is 44.4 Å². The van der Waals surface area contributed by atoms with E-state index in [0.717, 1.165) is 21.0 Å². The number of carbonyl (C=O) groups excluding carboxylic acids is 2. The minimum Gasteiger partial charge on any atom is -0.495 e. The van der Waals surface area contributed by atoms with Crippen molar-refractivity contribution >= 4 is 27.5 Å². The maximum absolute atomic E-state index is 14.1. The normalized spacial score (nSPS) is 12.4. The first kappa shape index (κ1) is 31.7. The van der Waals surface area contributed by atoms with Crippen LogP contribution >= 0.6 is 0 Å². The lowest BCUT2D eigenvalue weighted by Gasteiger charge is -2.33. The van der Waals surface area contributed by atoms with E-state index in [0.29, 0.717) is 12.2 Å². The molecule has 0 aliphatic heterocycles. The van der Waals surface area contributed by atoms with Crippen molar-refractivity contribution in [1.82, 2.24) is 10.2 Å². The van der Waals surface area contributed by atoms with Crippen molar-refractivity contribution in [3.05, 3.63) is 89.5 Å². The van der Waals surface area contributed by atoms with Gasteiger partial charge in [0.05, 0.1) is 17.7 Å². The Morgan fingerprint density at radius 2 is 1.54 bits per heavy atom. The van der Waals surface area contributed by atoms with Crippen LogP contribution in [0.25, 0.3) is 0 Å². The molecule has 1 N–H and O–H groups in total. The molecule has 1 atom stereocenters. The molecule has 3 rings (SSSR count). The highest BCUT2D eigenvalue weighted by Gasteiger charge is 2.34. The van der Waals surface area contributed by atoms with Crippen LogP contribution in [0.4, 0.5) is 5.69 Å². The Hall–Kier alpha value is -3.85. The van der Waals surface area contributed by atoms with E-state index in [2.05, 4.69) is 5.32 Å². The Balaban J connectivity index is 2.06. The molecule has 0 heterocycles. The lowest BCUT2D eigenvalue weighted by Crippen LogP contribution is -2.55. The van der Waals surface area contributed by atoms with Crippen molar-refractivity contribution in [2.75, 3.05) is 24.5 Å². The van der Waals surface area contributed by atoms with Gasteiger partial charge in [-0.25, -0.2) is 8.42 Å². The van der Waals surface area contributed by atoms with Crippen LogP contribution in [0.3, 0.4) is 0 Å². The zero-order valence-electron chi connectivity index (χ0n) is 25.0. The first-order chi connectivity index (χ1) is 19.2. The first-order valence-electron chi connectivity index (χ1n) is 13.6. The second-order valence-electron chi connectivity index (χ2n) is 11.2. The molecule has 41 heavy (non-hydrogen) atoms. The number of sulfonamides is 1. The van der Waals surface area contributed by atoms with E-state index in [9.17, 15) is 18.0 Å². The van der Waals surface area contributed by atoms with Gasteiger partial charge in [0.15, 0.2) is 0 Å². The van der Waals surface area contributed by atoms with Gasteiger partial charge in [-0.05, 0) is 83.4 Å². The van der Waals surface area contributed by atoms with Crippen LogP contribution in [0.15, 0.2) is 77.7 Å². The Kier molecular flexibility index (Phi) is 10.2. The molecular weight excluding hydrogens is 538 g/mol. The average molecular weight is 580 g/mol. The third-order valence-corrected chi connectivity index (χ3v) is 8.41. The highest BCUT2D eigenvalue weighted by atomic mass is 32.2. The summed E-state index contributed by atoms with van der Waals surface area (Å²) in [6, 6.07) is 20.5. The maximum Gasteiger partial charge on any atom is 0.264 e. The molecule has 0 aromatic heterocycles. The summed E-state index contributed by atoms with van der Waals surface area (Å²) in [5.41, 5.74) is 2.45. The van der Waals surface area contributed by atoms with Crippen LogP contribution in [0.5, 0.6) is 5.75 Å². The monoisotopic (exact) mass is 579 g/mol. The van der Waals surface area contributed by atoms with Crippen molar-refractivity contribution in [3.8, 4) is 5.75 Å². The second-order valence-corrected chi connectivity index (χ2v) is 13.1. The van der Waals surface area contributed by atoms with Gasteiger partial charge in [0.25, 0.3) is 10.0 Å². The van der Waals surface area contributed by atoms with E-state index in [1.807, 2.05) is 71.0 Å². The fraction of sp³-hybridized carbons (Fsp3) is 0.375. The molecule has 9 heteroatoms. The molecule has 0 saturated heterocycles. The van der Waals surface area contributed by atoms with Gasteiger partial charge in [0.2, 0.25) is 11.8 Å². The Labute approximate surface area is 244 Å². The predicted octanol–water partition coefficient (Wildman–Crippen LogP) is 4.88. The van der Waals surface area contributed by atoms with Crippen molar-refractivity contribution in [2.45, 2.75) is 64.4 Å². The van der Waals surface area contributed by atoms with Crippen LogP contribution in [0.2, 0.25) is 0 Å². The molecule has 0 aliphatic rings.